The van der Waals surface area contributed by atoms with Crippen LogP contribution >= 0.6 is 0 Å². The Morgan fingerprint density at radius 1 is 1.19 bits per heavy atom. The molecule has 2 aliphatic rings. The van der Waals surface area contributed by atoms with Gasteiger partial charge in [-0.15, -0.1) is 0 Å². The first-order valence-corrected chi connectivity index (χ1v) is 10.7. The summed E-state index contributed by atoms with van der Waals surface area (Å²) in [6.07, 6.45) is 2.64. The van der Waals surface area contributed by atoms with Crippen molar-refractivity contribution in [3.05, 3.63) is 70.3 Å². The zero-order valence-corrected chi connectivity index (χ0v) is 17.9. The average molecular weight is 421 g/mol. The molecule has 2 aliphatic heterocycles. The van der Waals surface area contributed by atoms with Crippen LogP contribution < -0.4 is 4.74 Å². The molecule has 1 saturated heterocycles. The molecule has 2 aromatic rings. The first-order chi connectivity index (χ1) is 15.0. The van der Waals surface area contributed by atoms with Crippen molar-refractivity contribution in [2.75, 3.05) is 26.9 Å². The van der Waals surface area contributed by atoms with E-state index in [2.05, 4.69) is 6.92 Å². The summed E-state index contributed by atoms with van der Waals surface area (Å²) < 4.78 is 10.8. The maximum atomic E-state index is 13.0. The summed E-state index contributed by atoms with van der Waals surface area (Å²) in [5, 5.41) is 11.2. The van der Waals surface area contributed by atoms with Gasteiger partial charge in [0.25, 0.3) is 11.7 Å². The highest BCUT2D eigenvalue weighted by atomic mass is 16.5. The number of hydrogen-bond donors (Lipinski definition) is 1. The minimum atomic E-state index is -0.674. The van der Waals surface area contributed by atoms with Crippen LogP contribution in [0.15, 0.2) is 48.0 Å². The van der Waals surface area contributed by atoms with Gasteiger partial charge in [0.2, 0.25) is 0 Å². The number of aliphatic hydroxyl groups excluding tert-OH is 1. The number of hydrogen-bond acceptors (Lipinski definition) is 5. The van der Waals surface area contributed by atoms with Crippen LogP contribution in [0, 0.1) is 0 Å². The molecular formula is C25H27NO5. The van der Waals surface area contributed by atoms with Gasteiger partial charge in [-0.25, -0.2) is 0 Å². The molecule has 6 nitrogen and oxygen atoms in total. The van der Waals surface area contributed by atoms with E-state index < -0.39 is 17.7 Å². The van der Waals surface area contributed by atoms with Crippen LogP contribution in [-0.2, 0) is 27.2 Å². The van der Waals surface area contributed by atoms with Crippen LogP contribution in [0.3, 0.4) is 0 Å². The zero-order valence-electron chi connectivity index (χ0n) is 17.9. The summed E-state index contributed by atoms with van der Waals surface area (Å²) in [5.41, 5.74) is 3.57. The van der Waals surface area contributed by atoms with Gasteiger partial charge in [-0.2, -0.15) is 0 Å². The van der Waals surface area contributed by atoms with E-state index in [4.69, 9.17) is 9.47 Å². The lowest BCUT2D eigenvalue weighted by Crippen LogP contribution is -2.32. The van der Waals surface area contributed by atoms with E-state index in [0.29, 0.717) is 18.8 Å². The van der Waals surface area contributed by atoms with Crippen molar-refractivity contribution >= 4 is 17.4 Å². The van der Waals surface area contributed by atoms with E-state index in [0.717, 1.165) is 41.7 Å². The minimum absolute atomic E-state index is 0.113. The van der Waals surface area contributed by atoms with E-state index in [9.17, 15) is 14.7 Å². The fourth-order valence-electron chi connectivity index (χ4n) is 4.25. The van der Waals surface area contributed by atoms with Gasteiger partial charge in [0.1, 0.15) is 11.5 Å². The number of fused-ring (bicyclic) bond motifs is 1. The number of ether oxygens (including phenoxy) is 2. The van der Waals surface area contributed by atoms with Crippen LogP contribution in [0.25, 0.3) is 5.76 Å². The molecule has 6 heteroatoms. The van der Waals surface area contributed by atoms with Crippen LogP contribution in [0.5, 0.6) is 5.75 Å². The van der Waals surface area contributed by atoms with Crippen molar-refractivity contribution in [1.82, 2.24) is 4.90 Å². The lowest BCUT2D eigenvalue weighted by atomic mass is 9.93. The second-order valence-corrected chi connectivity index (χ2v) is 7.85. The Hall–Kier alpha value is -3.12. The molecule has 0 radical (unpaired) electrons. The fraction of sp³-hybridized carbons (Fsp3) is 0.360. The number of benzene rings is 2. The molecular weight excluding hydrogens is 394 g/mol. The molecule has 1 unspecified atom stereocenters. The van der Waals surface area contributed by atoms with Crippen LogP contribution in [-0.4, -0.2) is 48.6 Å². The largest absolute Gasteiger partial charge is 0.507 e. The Labute approximate surface area is 182 Å². The molecule has 0 saturated carbocycles. The summed E-state index contributed by atoms with van der Waals surface area (Å²) in [6.45, 7) is 3.30. The van der Waals surface area contributed by atoms with Crippen LogP contribution in [0.4, 0.5) is 0 Å². The van der Waals surface area contributed by atoms with Gasteiger partial charge in [0.15, 0.2) is 0 Å². The van der Waals surface area contributed by atoms with Crippen molar-refractivity contribution < 1.29 is 24.2 Å². The van der Waals surface area contributed by atoms with Crippen molar-refractivity contribution in [1.29, 1.82) is 0 Å². The molecule has 4 rings (SSSR count). The molecule has 31 heavy (non-hydrogen) atoms. The van der Waals surface area contributed by atoms with Crippen molar-refractivity contribution in [2.45, 2.75) is 32.2 Å². The number of ketones is 1. The highest BCUT2D eigenvalue weighted by Crippen LogP contribution is 2.40. The molecule has 1 amide bonds. The van der Waals surface area contributed by atoms with Crippen LogP contribution in [0.1, 0.15) is 41.6 Å². The predicted octanol–water partition coefficient (Wildman–Crippen LogP) is 3.64. The third-order valence-electron chi connectivity index (χ3n) is 5.96. The number of Topliss-reactive ketones (excluding diaryl/α,β-unsaturated/α-hetero) is 1. The number of likely N-dealkylation sites (tertiary alicyclic amines) is 1. The lowest BCUT2D eigenvalue weighted by Gasteiger charge is -2.25. The second-order valence-electron chi connectivity index (χ2n) is 7.85. The number of amides is 1. The topological polar surface area (TPSA) is 76.1 Å². The monoisotopic (exact) mass is 421 g/mol. The number of nitrogens with zero attached hydrogens (tertiary/aromatic N) is 1. The summed E-state index contributed by atoms with van der Waals surface area (Å²) in [4.78, 5) is 27.4. The molecule has 1 N–H and O–H groups in total. The highest BCUT2D eigenvalue weighted by Gasteiger charge is 2.45. The van der Waals surface area contributed by atoms with Gasteiger partial charge in [-0.05, 0) is 54.2 Å². The van der Waals surface area contributed by atoms with Gasteiger partial charge >= 0.3 is 0 Å². The molecule has 1 fully saturated rings. The van der Waals surface area contributed by atoms with E-state index >= 15 is 0 Å². The zero-order chi connectivity index (χ0) is 22.0. The third kappa shape index (κ3) is 3.95. The summed E-state index contributed by atoms with van der Waals surface area (Å²) >= 11 is 0. The number of aryl methyl sites for hydroxylation is 2. The predicted molar refractivity (Wildman–Crippen MR) is 117 cm³/mol. The van der Waals surface area contributed by atoms with Gasteiger partial charge < -0.3 is 19.5 Å². The summed E-state index contributed by atoms with van der Waals surface area (Å²) in [5.74, 6) is -0.650. The minimum Gasteiger partial charge on any atom is -0.507 e. The number of aliphatic hydroxyl groups is 1. The third-order valence-corrected chi connectivity index (χ3v) is 5.96. The molecule has 0 bridgehead atoms. The highest BCUT2D eigenvalue weighted by molar-refractivity contribution is 6.46. The maximum absolute atomic E-state index is 13.0. The smallest absolute Gasteiger partial charge is 0.295 e. The van der Waals surface area contributed by atoms with Gasteiger partial charge in [-0.1, -0.05) is 31.2 Å². The van der Waals surface area contributed by atoms with Gasteiger partial charge in [-0.3, -0.25) is 9.59 Å². The maximum Gasteiger partial charge on any atom is 0.295 e. The van der Waals surface area contributed by atoms with Gasteiger partial charge in [0.05, 0.1) is 24.8 Å². The first-order valence-electron chi connectivity index (χ1n) is 10.7. The van der Waals surface area contributed by atoms with Crippen molar-refractivity contribution in [3.63, 3.8) is 0 Å². The molecule has 0 aliphatic carbocycles. The number of carbonyl (C=O) groups excluding carboxylic acids is 2. The van der Waals surface area contributed by atoms with Crippen molar-refractivity contribution in [3.8, 4) is 5.75 Å². The average Bonchev–Trinajstić information content (AvgIpc) is 3.06. The normalized spacial score (nSPS) is 19.9. The number of carbonyl (C=O) groups is 2. The molecule has 0 spiro atoms. The SMILES string of the molecule is CCc1ccc(C2/C(=C(/O)c3ccc4c(c3)CCCO4)C(=O)C(=O)N2CCOC)cc1. The van der Waals surface area contributed by atoms with Gasteiger partial charge in [0, 0.05) is 19.2 Å². The Morgan fingerprint density at radius 3 is 2.68 bits per heavy atom. The Balaban J connectivity index is 1.81. The first kappa shape index (κ1) is 21.1. The van der Waals surface area contributed by atoms with E-state index in [-0.39, 0.29) is 17.9 Å². The molecule has 2 aromatic carbocycles. The Morgan fingerprint density at radius 2 is 1.97 bits per heavy atom. The van der Waals surface area contributed by atoms with E-state index in [1.807, 2.05) is 36.4 Å². The van der Waals surface area contributed by atoms with Crippen molar-refractivity contribution in [2.24, 2.45) is 0 Å². The molecule has 1 atom stereocenters. The molecule has 0 aromatic heterocycles. The van der Waals surface area contributed by atoms with E-state index in [1.54, 1.807) is 13.2 Å². The number of methoxy groups -OCH3 is 1. The summed E-state index contributed by atoms with van der Waals surface area (Å²) in [7, 11) is 1.55. The quantitative estimate of drug-likeness (QED) is 0.438. The number of rotatable bonds is 6. The van der Waals surface area contributed by atoms with E-state index in [1.165, 1.54) is 4.90 Å². The standard InChI is InChI=1S/C25H27NO5/c1-3-16-6-8-17(9-7-16)22-21(24(28)25(29)26(22)12-14-30-2)23(27)19-10-11-20-18(15-19)5-4-13-31-20/h6-11,15,22,27H,3-5,12-14H2,1-2H3/b23-21-. The Kier molecular flexibility index (Phi) is 6.09. The molecule has 2 heterocycles. The Bertz CT molecular complexity index is 1020. The second kappa shape index (κ2) is 8.94. The lowest BCUT2D eigenvalue weighted by molar-refractivity contribution is -0.140. The molecule has 162 valence electrons. The summed E-state index contributed by atoms with van der Waals surface area (Å²) in [6, 6.07) is 12.6. The fourth-order valence-corrected chi connectivity index (χ4v) is 4.25. The van der Waals surface area contributed by atoms with Crippen LogP contribution in [0.2, 0.25) is 0 Å².